The van der Waals surface area contributed by atoms with Crippen LogP contribution in [0.4, 0.5) is 8.78 Å². The molecule has 9 heteroatoms. The fourth-order valence-corrected chi connectivity index (χ4v) is 3.41. The van der Waals surface area contributed by atoms with Gasteiger partial charge in [-0.1, -0.05) is 23.9 Å². The fourth-order valence-electron chi connectivity index (χ4n) is 2.06. The van der Waals surface area contributed by atoms with E-state index in [9.17, 15) is 17.2 Å². The standard InChI is InChI=1S/C16H20F2N2O3S2/c1-20(2)25(21,22)15-7-3-12(4-8-15)9-19-10-13-5-6-14(23-13)11-24-16(17)18/h3-8,16,19H,9-11H2,1-2H3. The lowest BCUT2D eigenvalue weighted by molar-refractivity contribution is 0.251. The Hall–Kier alpha value is -1.42. The first kappa shape index (κ1) is 19.9. The van der Waals surface area contributed by atoms with Crippen LogP contribution in [0.2, 0.25) is 0 Å². The molecule has 0 fully saturated rings. The molecular weight excluding hydrogens is 370 g/mol. The van der Waals surface area contributed by atoms with Crippen LogP contribution in [-0.2, 0) is 28.9 Å². The SMILES string of the molecule is CN(C)S(=O)(=O)c1ccc(CNCc2ccc(CSC(F)F)o2)cc1. The van der Waals surface area contributed by atoms with Crippen molar-refractivity contribution in [2.45, 2.75) is 29.5 Å². The Kier molecular flexibility index (Phi) is 7.00. The predicted molar refractivity (Wildman–Crippen MR) is 93.9 cm³/mol. The minimum Gasteiger partial charge on any atom is -0.464 e. The van der Waals surface area contributed by atoms with Crippen molar-refractivity contribution in [2.24, 2.45) is 0 Å². The second-order valence-corrected chi connectivity index (χ2v) is 8.60. The number of alkyl halides is 2. The summed E-state index contributed by atoms with van der Waals surface area (Å²) >= 11 is 0.524. The molecular formula is C16H20F2N2O3S2. The third-order valence-electron chi connectivity index (χ3n) is 3.40. The van der Waals surface area contributed by atoms with E-state index in [0.29, 0.717) is 36.4 Å². The lowest BCUT2D eigenvalue weighted by atomic mass is 10.2. The summed E-state index contributed by atoms with van der Waals surface area (Å²) in [7, 11) is -0.447. The van der Waals surface area contributed by atoms with Crippen molar-refractivity contribution in [1.29, 1.82) is 0 Å². The topological polar surface area (TPSA) is 62.6 Å². The smallest absolute Gasteiger partial charge is 0.284 e. The zero-order valence-electron chi connectivity index (χ0n) is 13.9. The first-order chi connectivity index (χ1) is 11.8. The molecule has 1 N–H and O–H groups in total. The molecule has 0 aliphatic carbocycles. The van der Waals surface area contributed by atoms with Crippen LogP contribution >= 0.6 is 11.8 Å². The van der Waals surface area contributed by atoms with Crippen LogP contribution in [-0.4, -0.2) is 32.6 Å². The average Bonchev–Trinajstić information content (AvgIpc) is 3.01. The molecule has 0 bridgehead atoms. The number of furan rings is 1. The summed E-state index contributed by atoms with van der Waals surface area (Å²) < 4.78 is 54.9. The van der Waals surface area contributed by atoms with Gasteiger partial charge in [-0.15, -0.1) is 0 Å². The fraction of sp³-hybridized carbons (Fsp3) is 0.375. The highest BCUT2D eigenvalue weighted by Crippen LogP contribution is 2.21. The highest BCUT2D eigenvalue weighted by atomic mass is 32.2. The van der Waals surface area contributed by atoms with E-state index in [2.05, 4.69) is 5.32 Å². The van der Waals surface area contributed by atoms with Gasteiger partial charge in [0.05, 0.1) is 17.2 Å². The Labute approximate surface area is 150 Å². The summed E-state index contributed by atoms with van der Waals surface area (Å²) in [6.07, 6.45) is 0. The molecule has 0 saturated heterocycles. The number of nitrogens with zero attached hydrogens (tertiary/aromatic N) is 1. The van der Waals surface area contributed by atoms with Crippen molar-refractivity contribution < 1.29 is 21.6 Å². The Morgan fingerprint density at radius 2 is 1.72 bits per heavy atom. The second-order valence-electron chi connectivity index (χ2n) is 5.47. The molecule has 0 saturated carbocycles. The van der Waals surface area contributed by atoms with E-state index >= 15 is 0 Å². The van der Waals surface area contributed by atoms with Crippen LogP contribution in [0.25, 0.3) is 0 Å². The van der Waals surface area contributed by atoms with Gasteiger partial charge in [-0.3, -0.25) is 0 Å². The van der Waals surface area contributed by atoms with E-state index in [1.54, 1.807) is 36.4 Å². The predicted octanol–water partition coefficient (Wildman–Crippen LogP) is 3.28. The number of hydrogen-bond acceptors (Lipinski definition) is 5. The number of sulfonamides is 1. The number of nitrogens with one attached hydrogen (secondary N) is 1. The zero-order chi connectivity index (χ0) is 18.4. The monoisotopic (exact) mass is 390 g/mol. The number of rotatable bonds is 9. The maximum atomic E-state index is 12.1. The number of thioether (sulfide) groups is 1. The third kappa shape index (κ3) is 5.81. The Morgan fingerprint density at radius 1 is 1.08 bits per heavy atom. The molecule has 0 radical (unpaired) electrons. The first-order valence-electron chi connectivity index (χ1n) is 7.48. The van der Waals surface area contributed by atoms with Crippen molar-refractivity contribution >= 4 is 21.8 Å². The summed E-state index contributed by atoms with van der Waals surface area (Å²) in [5.74, 6) is -1.09. The molecule has 1 aromatic heterocycles. The van der Waals surface area contributed by atoms with E-state index < -0.39 is 15.8 Å². The molecule has 0 amide bonds. The van der Waals surface area contributed by atoms with Crippen LogP contribution in [0.15, 0.2) is 45.7 Å². The first-order valence-corrected chi connectivity index (χ1v) is 9.97. The van der Waals surface area contributed by atoms with E-state index in [-0.39, 0.29) is 10.6 Å². The van der Waals surface area contributed by atoms with Crippen LogP contribution in [0.1, 0.15) is 17.1 Å². The minimum absolute atomic E-state index is 0.138. The highest BCUT2D eigenvalue weighted by Gasteiger charge is 2.16. The average molecular weight is 390 g/mol. The summed E-state index contributed by atoms with van der Waals surface area (Å²) in [5.41, 5.74) is 0.928. The molecule has 0 unspecified atom stereocenters. The maximum absolute atomic E-state index is 12.1. The highest BCUT2D eigenvalue weighted by molar-refractivity contribution is 7.98. The second kappa shape index (κ2) is 8.79. The molecule has 5 nitrogen and oxygen atoms in total. The summed E-state index contributed by atoms with van der Waals surface area (Å²) in [4.78, 5) is 0.244. The van der Waals surface area contributed by atoms with E-state index in [0.717, 1.165) is 5.56 Å². The van der Waals surface area contributed by atoms with Gasteiger partial charge in [0.25, 0.3) is 5.76 Å². The molecule has 0 aliphatic heterocycles. The lowest BCUT2D eigenvalue weighted by Gasteiger charge is -2.11. The number of hydrogen-bond donors (Lipinski definition) is 1. The van der Waals surface area contributed by atoms with Gasteiger partial charge in [-0.2, -0.15) is 8.78 Å². The number of benzene rings is 1. The largest absolute Gasteiger partial charge is 0.464 e. The third-order valence-corrected chi connectivity index (χ3v) is 5.93. The Bertz CT molecular complexity index is 775. The quantitative estimate of drug-likeness (QED) is 0.712. The van der Waals surface area contributed by atoms with Gasteiger partial charge in [-0.25, -0.2) is 12.7 Å². The molecule has 0 atom stereocenters. The molecule has 138 valence electrons. The Morgan fingerprint density at radius 3 is 2.32 bits per heavy atom. The normalized spacial score (nSPS) is 12.2. The van der Waals surface area contributed by atoms with Crippen molar-refractivity contribution in [3.63, 3.8) is 0 Å². The van der Waals surface area contributed by atoms with Gasteiger partial charge in [-0.05, 0) is 29.8 Å². The van der Waals surface area contributed by atoms with E-state index in [1.807, 2.05) is 0 Å². The summed E-state index contributed by atoms with van der Waals surface area (Å²) in [5, 5.41) is 3.17. The molecule has 2 aromatic rings. The van der Waals surface area contributed by atoms with Crippen LogP contribution in [0, 0.1) is 0 Å². The van der Waals surface area contributed by atoms with Crippen LogP contribution in [0.3, 0.4) is 0 Å². The van der Waals surface area contributed by atoms with Gasteiger partial charge >= 0.3 is 0 Å². The summed E-state index contributed by atoms with van der Waals surface area (Å²) in [6, 6.07) is 10.1. The molecule has 0 spiro atoms. The molecule has 2 rings (SSSR count). The van der Waals surface area contributed by atoms with Crippen LogP contribution < -0.4 is 5.32 Å². The van der Waals surface area contributed by atoms with Gasteiger partial charge in [0.15, 0.2) is 0 Å². The van der Waals surface area contributed by atoms with Crippen molar-refractivity contribution in [3.05, 3.63) is 53.5 Å². The minimum atomic E-state index is -3.42. The van der Waals surface area contributed by atoms with Gasteiger partial charge in [0.2, 0.25) is 10.0 Å². The molecule has 1 aromatic carbocycles. The molecule has 25 heavy (non-hydrogen) atoms. The summed E-state index contributed by atoms with van der Waals surface area (Å²) in [6.45, 7) is 0.987. The van der Waals surface area contributed by atoms with Crippen LogP contribution in [0.5, 0.6) is 0 Å². The molecule has 1 heterocycles. The van der Waals surface area contributed by atoms with E-state index in [4.69, 9.17) is 4.42 Å². The maximum Gasteiger partial charge on any atom is 0.284 e. The van der Waals surface area contributed by atoms with E-state index in [1.165, 1.54) is 18.4 Å². The zero-order valence-corrected chi connectivity index (χ0v) is 15.5. The van der Waals surface area contributed by atoms with Crippen molar-refractivity contribution in [1.82, 2.24) is 9.62 Å². The van der Waals surface area contributed by atoms with Crippen molar-refractivity contribution in [2.75, 3.05) is 14.1 Å². The number of halogens is 2. The van der Waals surface area contributed by atoms with Gasteiger partial charge in [0, 0.05) is 20.6 Å². The Balaban J connectivity index is 1.84. The lowest BCUT2D eigenvalue weighted by Crippen LogP contribution is -2.22. The van der Waals surface area contributed by atoms with Gasteiger partial charge < -0.3 is 9.73 Å². The molecule has 0 aliphatic rings. The van der Waals surface area contributed by atoms with Gasteiger partial charge in [0.1, 0.15) is 11.5 Å². The van der Waals surface area contributed by atoms with Crippen molar-refractivity contribution in [3.8, 4) is 0 Å².